The quantitative estimate of drug-likeness (QED) is 0.685. The summed E-state index contributed by atoms with van der Waals surface area (Å²) in [4.78, 5) is 0.142. The summed E-state index contributed by atoms with van der Waals surface area (Å²) in [6, 6.07) is 0. The molecule has 7 heteroatoms. The van der Waals surface area contributed by atoms with E-state index >= 15 is 0 Å². The molecule has 110 valence electrons. The molecule has 0 aliphatic carbocycles. The van der Waals surface area contributed by atoms with Gasteiger partial charge in [0.05, 0.1) is 0 Å². The lowest BCUT2D eigenvalue weighted by Gasteiger charge is -2.05. The Kier molecular flexibility index (Phi) is 6.57. The van der Waals surface area contributed by atoms with Crippen LogP contribution >= 0.6 is 11.5 Å². The molecule has 0 unspecified atom stereocenters. The molecule has 5 nitrogen and oxygen atoms in total. The Bertz CT molecular complexity index is 483. The molecular weight excluding hydrogens is 282 g/mol. The summed E-state index contributed by atoms with van der Waals surface area (Å²) in [5, 5.41) is 3.69. The van der Waals surface area contributed by atoms with E-state index in [1.54, 1.807) is 0 Å². The van der Waals surface area contributed by atoms with Gasteiger partial charge in [-0.25, -0.2) is 8.42 Å². The second kappa shape index (κ2) is 7.69. The number of hydrogen-bond acceptors (Lipinski definition) is 6. The smallest absolute Gasteiger partial charge is 0.182 e. The van der Waals surface area contributed by atoms with Crippen LogP contribution in [0.2, 0.25) is 0 Å². The minimum Gasteiger partial charge on any atom is -0.382 e. The summed E-state index contributed by atoms with van der Waals surface area (Å²) in [5.74, 6) is 0.0953. The number of nitrogens with two attached hydrogens (primary N) is 1. The van der Waals surface area contributed by atoms with E-state index in [9.17, 15) is 8.42 Å². The van der Waals surface area contributed by atoms with E-state index in [0.717, 1.165) is 37.2 Å². The van der Waals surface area contributed by atoms with Gasteiger partial charge < -0.3 is 11.1 Å². The van der Waals surface area contributed by atoms with Gasteiger partial charge in [0.1, 0.15) is 9.90 Å². The van der Waals surface area contributed by atoms with Crippen molar-refractivity contribution in [2.75, 3.05) is 23.9 Å². The van der Waals surface area contributed by atoms with E-state index in [0.29, 0.717) is 5.00 Å². The summed E-state index contributed by atoms with van der Waals surface area (Å²) < 4.78 is 27.1. The number of hydrogen-bond donors (Lipinski definition) is 2. The third kappa shape index (κ3) is 5.36. The van der Waals surface area contributed by atoms with Gasteiger partial charge in [-0.3, -0.25) is 0 Å². The summed E-state index contributed by atoms with van der Waals surface area (Å²) in [6.45, 7) is 2.96. The van der Waals surface area contributed by atoms with Crippen LogP contribution in [0.25, 0.3) is 0 Å². The fourth-order valence-corrected chi connectivity index (χ4v) is 3.97. The number of nitrogen functional groups attached to an aromatic ring is 1. The van der Waals surface area contributed by atoms with Crippen LogP contribution in [0.15, 0.2) is 4.90 Å². The number of nitrogens with one attached hydrogen (secondary N) is 1. The summed E-state index contributed by atoms with van der Waals surface area (Å²) >= 11 is 1.11. The maximum absolute atomic E-state index is 11.6. The second-order valence-electron chi connectivity index (χ2n) is 4.69. The van der Waals surface area contributed by atoms with Gasteiger partial charge in [0, 0.05) is 12.8 Å². The van der Waals surface area contributed by atoms with Crippen LogP contribution < -0.4 is 11.1 Å². The van der Waals surface area contributed by atoms with E-state index in [1.165, 1.54) is 25.7 Å². The van der Waals surface area contributed by atoms with Crippen LogP contribution in [0.1, 0.15) is 45.4 Å². The van der Waals surface area contributed by atoms with Gasteiger partial charge in [0.15, 0.2) is 15.7 Å². The number of unbranched alkanes of at least 4 members (excludes halogenated alkanes) is 5. The van der Waals surface area contributed by atoms with Gasteiger partial charge >= 0.3 is 0 Å². The standard InChI is InChI=1S/C12H23N3O2S2/c1-3-4-5-6-7-8-9-14-12-10(19(2,16)17)11(13)15-18-12/h14H,3-9H2,1-2H3,(H2,13,15). The Morgan fingerprint density at radius 3 is 2.47 bits per heavy atom. The SMILES string of the molecule is CCCCCCCCNc1snc(N)c1S(C)(=O)=O. The Morgan fingerprint density at radius 1 is 1.21 bits per heavy atom. The predicted molar refractivity (Wildman–Crippen MR) is 81.5 cm³/mol. The fourth-order valence-electron chi connectivity index (χ4n) is 1.87. The van der Waals surface area contributed by atoms with Crippen molar-refractivity contribution in [1.29, 1.82) is 0 Å². The number of nitrogens with zero attached hydrogens (tertiary/aromatic N) is 1. The molecule has 0 atom stereocenters. The lowest BCUT2D eigenvalue weighted by molar-refractivity contribution is 0.602. The Hall–Kier alpha value is -0.820. The minimum absolute atomic E-state index is 0.0953. The number of sulfone groups is 1. The number of aromatic nitrogens is 1. The van der Waals surface area contributed by atoms with Crippen LogP contribution in [-0.4, -0.2) is 25.6 Å². The van der Waals surface area contributed by atoms with E-state index in [2.05, 4.69) is 16.6 Å². The molecule has 19 heavy (non-hydrogen) atoms. The van der Waals surface area contributed by atoms with Gasteiger partial charge in [-0.1, -0.05) is 39.0 Å². The van der Waals surface area contributed by atoms with Gasteiger partial charge in [-0.15, -0.1) is 0 Å². The van der Waals surface area contributed by atoms with Crippen molar-refractivity contribution in [3.63, 3.8) is 0 Å². The molecule has 0 fully saturated rings. The van der Waals surface area contributed by atoms with E-state index in [4.69, 9.17) is 5.73 Å². The van der Waals surface area contributed by atoms with Crippen molar-refractivity contribution in [3.05, 3.63) is 0 Å². The van der Waals surface area contributed by atoms with E-state index in [1.807, 2.05) is 0 Å². The lowest BCUT2D eigenvalue weighted by atomic mass is 10.1. The fraction of sp³-hybridized carbons (Fsp3) is 0.750. The number of rotatable bonds is 9. The van der Waals surface area contributed by atoms with Gasteiger partial charge in [-0.2, -0.15) is 4.37 Å². The third-order valence-corrected chi connectivity index (χ3v) is 4.96. The first-order valence-electron chi connectivity index (χ1n) is 6.66. The molecular formula is C12H23N3O2S2. The Labute approximate surface area is 119 Å². The first kappa shape index (κ1) is 16.2. The van der Waals surface area contributed by atoms with Crippen LogP contribution in [0, 0.1) is 0 Å². The highest BCUT2D eigenvalue weighted by Gasteiger charge is 2.20. The molecule has 0 spiro atoms. The zero-order valence-electron chi connectivity index (χ0n) is 11.6. The van der Waals surface area contributed by atoms with Gasteiger partial charge in [0.2, 0.25) is 0 Å². The Morgan fingerprint density at radius 2 is 1.84 bits per heavy atom. The number of anilines is 2. The van der Waals surface area contributed by atoms with Crippen molar-refractivity contribution < 1.29 is 8.42 Å². The molecule has 0 radical (unpaired) electrons. The first-order chi connectivity index (χ1) is 8.96. The predicted octanol–water partition coefficient (Wildman–Crippen LogP) is 2.90. The average molecular weight is 305 g/mol. The summed E-state index contributed by atoms with van der Waals surface area (Å²) in [5.41, 5.74) is 5.59. The van der Waals surface area contributed by atoms with Crippen molar-refractivity contribution >= 4 is 32.2 Å². The zero-order valence-corrected chi connectivity index (χ0v) is 13.2. The molecule has 1 aromatic heterocycles. The van der Waals surface area contributed by atoms with Crippen LogP contribution in [0.3, 0.4) is 0 Å². The van der Waals surface area contributed by atoms with E-state index < -0.39 is 9.84 Å². The van der Waals surface area contributed by atoms with Crippen molar-refractivity contribution in [2.45, 2.75) is 50.3 Å². The van der Waals surface area contributed by atoms with Crippen LogP contribution in [-0.2, 0) is 9.84 Å². The molecule has 1 heterocycles. The highest BCUT2D eigenvalue weighted by molar-refractivity contribution is 7.91. The molecule has 0 aliphatic heterocycles. The largest absolute Gasteiger partial charge is 0.382 e. The average Bonchev–Trinajstić information content (AvgIpc) is 2.69. The molecule has 3 N–H and O–H groups in total. The van der Waals surface area contributed by atoms with Crippen LogP contribution in [0.5, 0.6) is 0 Å². The molecule has 0 aliphatic rings. The molecule has 0 aromatic carbocycles. The summed E-state index contributed by atoms with van der Waals surface area (Å²) in [7, 11) is -3.32. The molecule has 1 aromatic rings. The molecule has 0 saturated carbocycles. The second-order valence-corrected chi connectivity index (χ2v) is 7.42. The lowest BCUT2D eigenvalue weighted by Crippen LogP contribution is -2.06. The highest BCUT2D eigenvalue weighted by Crippen LogP contribution is 2.31. The molecule has 1 rings (SSSR count). The zero-order chi connectivity index (χ0) is 14.3. The van der Waals surface area contributed by atoms with Gasteiger partial charge in [-0.05, 0) is 18.0 Å². The maximum atomic E-state index is 11.6. The normalized spacial score (nSPS) is 11.7. The summed E-state index contributed by atoms with van der Waals surface area (Å²) in [6.07, 6.45) is 8.40. The van der Waals surface area contributed by atoms with Crippen molar-refractivity contribution in [3.8, 4) is 0 Å². The van der Waals surface area contributed by atoms with Gasteiger partial charge in [0.25, 0.3) is 0 Å². The third-order valence-electron chi connectivity index (χ3n) is 2.86. The topological polar surface area (TPSA) is 85.1 Å². The Balaban J connectivity index is 2.38. The molecule has 0 amide bonds. The monoisotopic (exact) mass is 305 g/mol. The maximum Gasteiger partial charge on any atom is 0.182 e. The highest BCUT2D eigenvalue weighted by atomic mass is 32.2. The first-order valence-corrected chi connectivity index (χ1v) is 9.32. The molecule has 0 saturated heterocycles. The minimum atomic E-state index is -3.32. The van der Waals surface area contributed by atoms with E-state index in [-0.39, 0.29) is 10.7 Å². The van der Waals surface area contributed by atoms with Crippen molar-refractivity contribution in [2.24, 2.45) is 0 Å². The molecule has 0 bridgehead atoms. The van der Waals surface area contributed by atoms with Crippen molar-refractivity contribution in [1.82, 2.24) is 4.37 Å². The van der Waals surface area contributed by atoms with Crippen LogP contribution in [0.4, 0.5) is 10.8 Å².